The predicted octanol–water partition coefficient (Wildman–Crippen LogP) is 1.29. The molecule has 2 aromatic carbocycles. The number of amides is 2. The summed E-state index contributed by atoms with van der Waals surface area (Å²) in [5.74, 6) is -0.600. The Bertz CT molecular complexity index is 966. The molecule has 0 radical (unpaired) electrons. The molecule has 1 aliphatic heterocycles. The molecular weight excluding hydrogens is 378 g/mol. The molecule has 2 aromatic rings. The highest BCUT2D eigenvalue weighted by atomic mass is 32.2. The number of carbonyl (C=O) groups excluding carboxylic acids is 2. The molecule has 2 N–H and O–H groups in total. The van der Waals surface area contributed by atoms with Crippen LogP contribution in [0.5, 0.6) is 0 Å². The molecule has 1 fully saturated rings. The van der Waals surface area contributed by atoms with Gasteiger partial charge in [0.15, 0.2) is 0 Å². The monoisotopic (exact) mass is 399 g/mol. The molecule has 8 heteroatoms. The third-order valence-electron chi connectivity index (χ3n) is 4.43. The third-order valence-corrected chi connectivity index (χ3v) is 6.28. The lowest BCUT2D eigenvalue weighted by molar-refractivity contribution is -0.117. The Morgan fingerprint density at radius 2 is 1.71 bits per heavy atom. The van der Waals surface area contributed by atoms with Crippen molar-refractivity contribution in [3.8, 4) is 0 Å². The molecule has 28 heavy (non-hydrogen) atoms. The van der Waals surface area contributed by atoms with Crippen LogP contribution in [0.25, 0.3) is 0 Å². The minimum absolute atomic E-state index is 0.112. The van der Waals surface area contributed by atoms with Crippen LogP contribution in [0.3, 0.4) is 0 Å². The fraction of sp³-hybridized carbons (Fsp3) is 0.200. The summed E-state index contributed by atoms with van der Waals surface area (Å²) in [7, 11) is -3.65. The van der Waals surface area contributed by atoms with Gasteiger partial charge in [-0.25, -0.2) is 8.42 Å². The number of benzene rings is 2. The van der Waals surface area contributed by atoms with Crippen molar-refractivity contribution in [3.05, 3.63) is 78.4 Å². The number of rotatable bonds is 7. The Balaban J connectivity index is 1.58. The quantitative estimate of drug-likeness (QED) is 0.686. The van der Waals surface area contributed by atoms with Gasteiger partial charge in [0.1, 0.15) is 0 Å². The van der Waals surface area contributed by atoms with Gasteiger partial charge in [-0.2, -0.15) is 4.31 Å². The fourth-order valence-corrected chi connectivity index (χ4v) is 4.32. The highest BCUT2D eigenvalue weighted by molar-refractivity contribution is 7.89. The smallest absolute Gasteiger partial charge is 0.251 e. The summed E-state index contributed by atoms with van der Waals surface area (Å²) in [6, 6.07) is 15.1. The van der Waals surface area contributed by atoms with Gasteiger partial charge in [0.2, 0.25) is 15.9 Å². The van der Waals surface area contributed by atoms with E-state index >= 15 is 0 Å². The number of carbonyl (C=O) groups is 2. The Kier molecular flexibility index (Phi) is 5.91. The zero-order chi connectivity index (χ0) is 20.1. The van der Waals surface area contributed by atoms with Crippen LogP contribution in [0, 0.1) is 0 Å². The van der Waals surface area contributed by atoms with Gasteiger partial charge in [-0.15, -0.1) is 0 Å². The largest absolute Gasteiger partial charge is 0.348 e. The van der Waals surface area contributed by atoms with Crippen LogP contribution in [-0.4, -0.2) is 43.7 Å². The molecule has 2 amide bonds. The molecule has 1 saturated heterocycles. The maximum atomic E-state index is 12.6. The molecule has 0 bridgehead atoms. The zero-order valence-corrected chi connectivity index (χ0v) is 16.0. The van der Waals surface area contributed by atoms with Crippen molar-refractivity contribution in [3.63, 3.8) is 0 Å². The van der Waals surface area contributed by atoms with Crippen molar-refractivity contribution in [1.29, 1.82) is 0 Å². The zero-order valence-electron chi connectivity index (χ0n) is 15.2. The first-order chi connectivity index (χ1) is 13.4. The molecule has 0 aliphatic carbocycles. The Morgan fingerprint density at radius 1 is 1.07 bits per heavy atom. The van der Waals surface area contributed by atoms with E-state index in [1.807, 2.05) is 30.3 Å². The Morgan fingerprint density at radius 3 is 2.32 bits per heavy atom. The van der Waals surface area contributed by atoms with Gasteiger partial charge in [-0.3, -0.25) is 9.59 Å². The van der Waals surface area contributed by atoms with E-state index < -0.39 is 10.0 Å². The molecule has 146 valence electrons. The SMILES string of the molecule is C=CC(=O)NC1CN(S(=O)(=O)c2ccc(C(=O)NCc3ccccc3)cc2)C1. The summed E-state index contributed by atoms with van der Waals surface area (Å²) < 4.78 is 26.5. The molecule has 0 atom stereocenters. The first kappa shape index (κ1) is 19.8. The maximum absolute atomic E-state index is 12.6. The average molecular weight is 399 g/mol. The van der Waals surface area contributed by atoms with Crippen LogP contribution >= 0.6 is 0 Å². The third kappa shape index (κ3) is 4.47. The summed E-state index contributed by atoms with van der Waals surface area (Å²) in [6.07, 6.45) is 1.15. The van der Waals surface area contributed by atoms with Crippen LogP contribution < -0.4 is 10.6 Å². The molecule has 1 aliphatic rings. The van der Waals surface area contributed by atoms with E-state index in [1.165, 1.54) is 28.6 Å². The maximum Gasteiger partial charge on any atom is 0.251 e. The standard InChI is InChI=1S/C20H21N3O4S/c1-2-19(24)22-17-13-23(14-17)28(26,27)18-10-8-16(9-11-18)20(25)21-12-15-6-4-3-5-7-15/h2-11,17H,1,12-14H2,(H,21,25)(H,22,24). The normalized spacial score (nSPS) is 14.7. The number of nitrogens with one attached hydrogen (secondary N) is 2. The molecule has 0 aromatic heterocycles. The second kappa shape index (κ2) is 8.37. The van der Waals surface area contributed by atoms with Crippen molar-refractivity contribution in [1.82, 2.24) is 14.9 Å². The number of sulfonamides is 1. The molecule has 0 spiro atoms. The first-order valence-corrected chi connectivity index (χ1v) is 10.2. The highest BCUT2D eigenvalue weighted by Gasteiger charge is 2.37. The summed E-state index contributed by atoms with van der Waals surface area (Å²) >= 11 is 0. The van der Waals surface area contributed by atoms with Crippen LogP contribution in [-0.2, 0) is 21.4 Å². The summed E-state index contributed by atoms with van der Waals surface area (Å²) in [6.45, 7) is 4.18. The van der Waals surface area contributed by atoms with Gasteiger partial charge in [-0.1, -0.05) is 36.9 Å². The Hall–Kier alpha value is -2.97. The van der Waals surface area contributed by atoms with E-state index in [0.29, 0.717) is 12.1 Å². The van der Waals surface area contributed by atoms with Crippen molar-refractivity contribution < 1.29 is 18.0 Å². The lowest BCUT2D eigenvalue weighted by Crippen LogP contribution is -2.60. The topological polar surface area (TPSA) is 95.6 Å². The number of hydrogen-bond donors (Lipinski definition) is 2. The molecular formula is C20H21N3O4S. The van der Waals surface area contributed by atoms with Crippen LogP contribution in [0.15, 0.2) is 72.1 Å². The fourth-order valence-electron chi connectivity index (χ4n) is 2.79. The van der Waals surface area contributed by atoms with Gasteiger partial charge >= 0.3 is 0 Å². The summed E-state index contributed by atoms with van der Waals surface area (Å²) in [5.41, 5.74) is 1.36. The van der Waals surface area contributed by atoms with Crippen LogP contribution in [0.1, 0.15) is 15.9 Å². The minimum Gasteiger partial charge on any atom is -0.348 e. The van der Waals surface area contributed by atoms with Crippen LogP contribution in [0.2, 0.25) is 0 Å². The van der Waals surface area contributed by atoms with E-state index in [2.05, 4.69) is 17.2 Å². The first-order valence-electron chi connectivity index (χ1n) is 8.75. The van der Waals surface area contributed by atoms with Gasteiger partial charge in [-0.05, 0) is 35.9 Å². The van der Waals surface area contributed by atoms with Gasteiger partial charge < -0.3 is 10.6 Å². The summed E-state index contributed by atoms with van der Waals surface area (Å²) in [5, 5.41) is 5.46. The van der Waals surface area contributed by atoms with Crippen molar-refractivity contribution in [2.45, 2.75) is 17.5 Å². The van der Waals surface area contributed by atoms with E-state index in [-0.39, 0.29) is 35.8 Å². The van der Waals surface area contributed by atoms with Gasteiger partial charge in [0.25, 0.3) is 5.91 Å². The van der Waals surface area contributed by atoms with Gasteiger partial charge in [0, 0.05) is 25.2 Å². The lowest BCUT2D eigenvalue weighted by Gasteiger charge is -2.38. The minimum atomic E-state index is -3.65. The molecule has 3 rings (SSSR count). The van der Waals surface area contributed by atoms with Crippen molar-refractivity contribution in [2.24, 2.45) is 0 Å². The van der Waals surface area contributed by atoms with Gasteiger partial charge in [0.05, 0.1) is 10.9 Å². The number of hydrogen-bond acceptors (Lipinski definition) is 4. The molecule has 7 nitrogen and oxygen atoms in total. The number of nitrogens with zero attached hydrogens (tertiary/aromatic N) is 1. The van der Waals surface area contributed by atoms with E-state index in [4.69, 9.17) is 0 Å². The average Bonchev–Trinajstić information content (AvgIpc) is 2.69. The predicted molar refractivity (Wildman–Crippen MR) is 105 cm³/mol. The highest BCUT2D eigenvalue weighted by Crippen LogP contribution is 2.22. The van der Waals surface area contributed by atoms with E-state index in [0.717, 1.165) is 11.6 Å². The molecule has 0 saturated carbocycles. The lowest BCUT2D eigenvalue weighted by atomic mass is 10.2. The second-order valence-corrected chi connectivity index (χ2v) is 8.36. The summed E-state index contributed by atoms with van der Waals surface area (Å²) in [4.78, 5) is 23.6. The van der Waals surface area contributed by atoms with Crippen molar-refractivity contribution in [2.75, 3.05) is 13.1 Å². The van der Waals surface area contributed by atoms with Crippen LogP contribution in [0.4, 0.5) is 0 Å². The van der Waals surface area contributed by atoms with Crippen molar-refractivity contribution >= 4 is 21.8 Å². The molecule has 0 unspecified atom stereocenters. The van der Waals surface area contributed by atoms with E-state index in [9.17, 15) is 18.0 Å². The Labute approximate surface area is 164 Å². The molecule has 1 heterocycles. The van der Waals surface area contributed by atoms with E-state index in [1.54, 1.807) is 0 Å². The second-order valence-electron chi connectivity index (χ2n) is 6.42.